The van der Waals surface area contributed by atoms with Gasteiger partial charge in [-0.1, -0.05) is 37.1 Å². The SMILES string of the molecule is CCCc1ccc(NC(=O)c2cc(NC)ncc2Cl)cc1. The van der Waals surface area contributed by atoms with Crippen molar-refractivity contribution in [2.24, 2.45) is 0 Å². The maximum Gasteiger partial charge on any atom is 0.257 e. The Morgan fingerprint density at radius 1 is 1.29 bits per heavy atom. The number of hydrogen-bond donors (Lipinski definition) is 2. The number of carbonyl (C=O) groups is 1. The van der Waals surface area contributed by atoms with Crippen LogP contribution >= 0.6 is 11.6 Å². The zero-order valence-electron chi connectivity index (χ0n) is 12.1. The van der Waals surface area contributed by atoms with Crippen molar-refractivity contribution in [2.75, 3.05) is 17.7 Å². The molecular weight excluding hydrogens is 286 g/mol. The third-order valence-corrected chi connectivity index (χ3v) is 3.41. The first kappa shape index (κ1) is 15.3. The summed E-state index contributed by atoms with van der Waals surface area (Å²) < 4.78 is 0. The van der Waals surface area contributed by atoms with Crippen LogP contribution in [-0.4, -0.2) is 17.9 Å². The number of amides is 1. The number of nitrogens with one attached hydrogen (secondary N) is 2. The molecule has 110 valence electrons. The summed E-state index contributed by atoms with van der Waals surface area (Å²) in [6.07, 6.45) is 3.60. The maximum atomic E-state index is 12.3. The lowest BCUT2D eigenvalue weighted by molar-refractivity contribution is 0.102. The van der Waals surface area contributed by atoms with Crippen LogP contribution in [0, 0.1) is 0 Å². The molecule has 0 fully saturated rings. The third kappa shape index (κ3) is 3.95. The minimum atomic E-state index is -0.248. The molecule has 1 amide bonds. The fraction of sp³-hybridized carbons (Fsp3) is 0.250. The molecule has 1 aromatic heterocycles. The number of benzene rings is 1. The molecule has 0 radical (unpaired) electrons. The molecule has 2 rings (SSSR count). The number of aromatic nitrogens is 1. The van der Waals surface area contributed by atoms with Gasteiger partial charge in [0.2, 0.25) is 0 Å². The van der Waals surface area contributed by atoms with Gasteiger partial charge in [0.15, 0.2) is 0 Å². The largest absolute Gasteiger partial charge is 0.373 e. The van der Waals surface area contributed by atoms with Crippen molar-refractivity contribution in [3.63, 3.8) is 0 Å². The maximum absolute atomic E-state index is 12.3. The van der Waals surface area contributed by atoms with E-state index in [1.807, 2.05) is 24.3 Å². The van der Waals surface area contributed by atoms with Crippen LogP contribution in [0.15, 0.2) is 36.5 Å². The number of hydrogen-bond acceptors (Lipinski definition) is 3. The van der Waals surface area contributed by atoms with Crippen LogP contribution in [0.2, 0.25) is 5.02 Å². The summed E-state index contributed by atoms with van der Waals surface area (Å²) in [6, 6.07) is 9.47. The molecule has 1 heterocycles. The summed E-state index contributed by atoms with van der Waals surface area (Å²) in [5.41, 5.74) is 2.40. The normalized spacial score (nSPS) is 10.2. The Bertz CT molecular complexity index is 626. The quantitative estimate of drug-likeness (QED) is 0.878. The van der Waals surface area contributed by atoms with E-state index in [0.29, 0.717) is 16.4 Å². The zero-order valence-corrected chi connectivity index (χ0v) is 12.9. The number of nitrogens with zero attached hydrogens (tertiary/aromatic N) is 1. The molecule has 1 aromatic carbocycles. The Balaban J connectivity index is 2.14. The summed E-state index contributed by atoms with van der Waals surface area (Å²) in [5.74, 6) is 0.352. The molecule has 0 saturated heterocycles. The molecule has 4 nitrogen and oxygen atoms in total. The molecular formula is C16H18ClN3O. The monoisotopic (exact) mass is 303 g/mol. The minimum Gasteiger partial charge on any atom is -0.373 e. The Kier molecular flexibility index (Phi) is 5.17. The highest BCUT2D eigenvalue weighted by atomic mass is 35.5. The number of halogens is 1. The van der Waals surface area contributed by atoms with E-state index in [0.717, 1.165) is 18.5 Å². The van der Waals surface area contributed by atoms with Crippen LogP contribution in [0.3, 0.4) is 0 Å². The number of pyridine rings is 1. The first-order valence-corrected chi connectivity index (χ1v) is 7.25. The number of aryl methyl sites for hydroxylation is 1. The number of carbonyl (C=O) groups excluding carboxylic acids is 1. The fourth-order valence-electron chi connectivity index (χ4n) is 1.99. The topological polar surface area (TPSA) is 54.0 Å². The highest BCUT2D eigenvalue weighted by molar-refractivity contribution is 6.34. The molecule has 0 aliphatic rings. The van der Waals surface area contributed by atoms with Crippen molar-refractivity contribution in [1.82, 2.24) is 4.98 Å². The molecule has 0 bridgehead atoms. The predicted octanol–water partition coefficient (Wildman–Crippen LogP) is 3.98. The Labute approximate surface area is 129 Å². The van der Waals surface area contributed by atoms with Crippen LogP contribution in [0.5, 0.6) is 0 Å². The third-order valence-electron chi connectivity index (χ3n) is 3.11. The second-order valence-corrected chi connectivity index (χ2v) is 5.11. The summed E-state index contributed by atoms with van der Waals surface area (Å²) in [4.78, 5) is 16.3. The van der Waals surface area contributed by atoms with E-state index in [1.54, 1.807) is 13.1 Å². The molecule has 0 aliphatic carbocycles. The van der Waals surface area contributed by atoms with Gasteiger partial charge in [-0.3, -0.25) is 4.79 Å². The van der Waals surface area contributed by atoms with Crippen molar-refractivity contribution < 1.29 is 4.79 Å². The Morgan fingerprint density at radius 2 is 2.00 bits per heavy atom. The summed E-state index contributed by atoms with van der Waals surface area (Å²) in [6.45, 7) is 2.14. The van der Waals surface area contributed by atoms with Crippen LogP contribution in [0.25, 0.3) is 0 Å². The van der Waals surface area contributed by atoms with E-state index >= 15 is 0 Å². The highest BCUT2D eigenvalue weighted by Crippen LogP contribution is 2.20. The fourth-order valence-corrected chi connectivity index (χ4v) is 2.18. The van der Waals surface area contributed by atoms with Crippen molar-refractivity contribution in [2.45, 2.75) is 19.8 Å². The van der Waals surface area contributed by atoms with E-state index in [2.05, 4.69) is 22.5 Å². The van der Waals surface area contributed by atoms with E-state index < -0.39 is 0 Å². The van der Waals surface area contributed by atoms with Crippen molar-refractivity contribution >= 4 is 29.0 Å². The second kappa shape index (κ2) is 7.09. The minimum absolute atomic E-state index is 0.248. The molecule has 0 saturated carbocycles. The van der Waals surface area contributed by atoms with Gasteiger partial charge in [0.05, 0.1) is 10.6 Å². The van der Waals surface area contributed by atoms with Gasteiger partial charge in [0.1, 0.15) is 5.82 Å². The molecule has 21 heavy (non-hydrogen) atoms. The molecule has 5 heteroatoms. The Hall–Kier alpha value is -2.07. The van der Waals surface area contributed by atoms with Gasteiger partial charge in [-0.15, -0.1) is 0 Å². The standard InChI is InChI=1S/C16H18ClN3O/c1-3-4-11-5-7-12(8-6-11)20-16(21)13-9-15(18-2)19-10-14(13)17/h5-10H,3-4H2,1-2H3,(H,18,19)(H,20,21). The highest BCUT2D eigenvalue weighted by Gasteiger charge is 2.12. The van der Waals surface area contributed by atoms with Gasteiger partial charge in [-0.2, -0.15) is 0 Å². The molecule has 0 unspecified atom stereocenters. The summed E-state index contributed by atoms with van der Waals surface area (Å²) >= 11 is 6.03. The van der Waals surface area contributed by atoms with Gasteiger partial charge in [-0.05, 0) is 30.2 Å². The molecule has 2 N–H and O–H groups in total. The molecule has 0 spiro atoms. The van der Waals surface area contributed by atoms with Crippen LogP contribution in [0.4, 0.5) is 11.5 Å². The van der Waals surface area contributed by atoms with E-state index in [1.165, 1.54) is 11.8 Å². The average Bonchev–Trinajstić information content (AvgIpc) is 2.50. The van der Waals surface area contributed by atoms with Gasteiger partial charge < -0.3 is 10.6 Å². The van der Waals surface area contributed by atoms with E-state index in [-0.39, 0.29) is 5.91 Å². The van der Waals surface area contributed by atoms with Crippen molar-refractivity contribution in [3.8, 4) is 0 Å². The smallest absolute Gasteiger partial charge is 0.257 e. The molecule has 0 atom stereocenters. The summed E-state index contributed by atoms with van der Waals surface area (Å²) in [7, 11) is 1.74. The summed E-state index contributed by atoms with van der Waals surface area (Å²) in [5, 5.41) is 6.05. The molecule has 2 aromatic rings. The van der Waals surface area contributed by atoms with Gasteiger partial charge in [-0.25, -0.2) is 4.98 Å². The average molecular weight is 304 g/mol. The van der Waals surface area contributed by atoms with Crippen LogP contribution < -0.4 is 10.6 Å². The van der Waals surface area contributed by atoms with E-state index in [9.17, 15) is 4.79 Å². The lowest BCUT2D eigenvalue weighted by Gasteiger charge is -2.09. The first-order chi connectivity index (χ1) is 10.1. The first-order valence-electron chi connectivity index (χ1n) is 6.87. The number of rotatable bonds is 5. The Morgan fingerprint density at radius 3 is 2.62 bits per heavy atom. The van der Waals surface area contributed by atoms with Crippen LogP contribution in [0.1, 0.15) is 29.3 Å². The van der Waals surface area contributed by atoms with Crippen molar-refractivity contribution in [3.05, 3.63) is 52.7 Å². The molecule has 0 aliphatic heterocycles. The van der Waals surface area contributed by atoms with Gasteiger partial charge in [0.25, 0.3) is 5.91 Å². The van der Waals surface area contributed by atoms with Crippen LogP contribution in [-0.2, 0) is 6.42 Å². The zero-order chi connectivity index (χ0) is 15.2. The van der Waals surface area contributed by atoms with Gasteiger partial charge in [0, 0.05) is 18.9 Å². The lowest BCUT2D eigenvalue weighted by Crippen LogP contribution is -2.13. The lowest BCUT2D eigenvalue weighted by atomic mass is 10.1. The van der Waals surface area contributed by atoms with E-state index in [4.69, 9.17) is 11.6 Å². The van der Waals surface area contributed by atoms with Gasteiger partial charge >= 0.3 is 0 Å². The predicted molar refractivity (Wildman–Crippen MR) is 87.2 cm³/mol. The number of anilines is 2. The van der Waals surface area contributed by atoms with Crippen molar-refractivity contribution in [1.29, 1.82) is 0 Å². The second-order valence-electron chi connectivity index (χ2n) is 4.70.